The Morgan fingerprint density at radius 2 is 1.88 bits per heavy atom. The molecule has 0 aromatic heterocycles. The first kappa shape index (κ1) is 18.3. The molecular weight excluding hydrogens is 318 g/mol. The maximum absolute atomic E-state index is 12.1. The molecule has 0 radical (unpaired) electrons. The van der Waals surface area contributed by atoms with Crippen molar-refractivity contribution < 1.29 is 19.0 Å². The van der Waals surface area contributed by atoms with E-state index in [0.29, 0.717) is 17.1 Å². The van der Waals surface area contributed by atoms with Gasteiger partial charge in [0.15, 0.2) is 18.1 Å². The highest BCUT2D eigenvalue weighted by molar-refractivity contribution is 5.75. The Morgan fingerprint density at radius 1 is 1.12 bits per heavy atom. The molecule has 0 unspecified atom stereocenters. The third-order valence-electron chi connectivity index (χ3n) is 3.65. The van der Waals surface area contributed by atoms with Crippen LogP contribution in [0.2, 0.25) is 0 Å². The summed E-state index contributed by atoms with van der Waals surface area (Å²) in [7, 11) is 1.45. The number of rotatable bonds is 6. The van der Waals surface area contributed by atoms with Gasteiger partial charge in [-0.15, -0.1) is 0 Å². The number of carbonyl (C=O) groups is 1. The second kappa shape index (κ2) is 8.20. The molecule has 2 rings (SSSR count). The van der Waals surface area contributed by atoms with Gasteiger partial charge in [-0.2, -0.15) is 5.26 Å². The lowest BCUT2D eigenvalue weighted by molar-refractivity contribution is -0.136. The minimum atomic E-state index is -0.542. The third kappa shape index (κ3) is 4.74. The maximum atomic E-state index is 12.1. The number of hydrogen-bond acceptors (Lipinski definition) is 5. The topological polar surface area (TPSA) is 68.5 Å². The highest BCUT2D eigenvalue weighted by Gasteiger charge is 2.14. The molecule has 0 atom stereocenters. The number of benzene rings is 2. The van der Waals surface area contributed by atoms with Crippen LogP contribution in [-0.2, 0) is 4.79 Å². The molecule has 0 fully saturated rings. The van der Waals surface area contributed by atoms with Gasteiger partial charge in [0.05, 0.1) is 18.7 Å². The fourth-order valence-corrected chi connectivity index (χ4v) is 2.35. The summed E-state index contributed by atoms with van der Waals surface area (Å²) in [5, 5.41) is 8.90. The number of nitrogens with zero attached hydrogens (tertiary/aromatic N) is 1. The van der Waals surface area contributed by atoms with Crippen molar-refractivity contribution in [1.29, 1.82) is 5.26 Å². The van der Waals surface area contributed by atoms with Gasteiger partial charge in [0, 0.05) is 6.07 Å². The molecule has 0 bridgehead atoms. The number of aryl methyl sites for hydroxylation is 1. The Hall–Kier alpha value is -3.00. The molecular formula is C20H21NO4. The monoisotopic (exact) mass is 339 g/mol. The summed E-state index contributed by atoms with van der Waals surface area (Å²) in [5.74, 6) is 0.998. The molecule has 0 aliphatic heterocycles. The molecule has 0 heterocycles. The Balaban J connectivity index is 2.07. The van der Waals surface area contributed by atoms with Crippen LogP contribution >= 0.6 is 0 Å². The van der Waals surface area contributed by atoms with E-state index in [0.717, 1.165) is 11.1 Å². The lowest BCUT2D eigenvalue weighted by Crippen LogP contribution is -2.18. The highest BCUT2D eigenvalue weighted by Crippen LogP contribution is 2.29. The maximum Gasteiger partial charge on any atom is 0.349 e. The number of methoxy groups -OCH3 is 1. The minimum Gasteiger partial charge on any atom is -0.493 e. The summed E-state index contributed by atoms with van der Waals surface area (Å²) in [4.78, 5) is 12.1. The summed E-state index contributed by atoms with van der Waals surface area (Å²) < 4.78 is 16.1. The zero-order valence-corrected chi connectivity index (χ0v) is 14.8. The Kier molecular flexibility index (Phi) is 6.02. The van der Waals surface area contributed by atoms with Crippen molar-refractivity contribution >= 4 is 5.97 Å². The molecule has 5 nitrogen and oxygen atoms in total. The van der Waals surface area contributed by atoms with Gasteiger partial charge in [-0.3, -0.25) is 0 Å². The lowest BCUT2D eigenvalue weighted by atomic mass is 10.0. The van der Waals surface area contributed by atoms with Gasteiger partial charge in [-0.25, -0.2) is 4.79 Å². The fraction of sp³-hybridized carbons (Fsp3) is 0.300. The zero-order valence-electron chi connectivity index (χ0n) is 14.8. The van der Waals surface area contributed by atoms with Crippen LogP contribution in [-0.4, -0.2) is 19.7 Å². The first-order valence-electron chi connectivity index (χ1n) is 7.96. The Morgan fingerprint density at radius 3 is 2.52 bits per heavy atom. The zero-order chi connectivity index (χ0) is 18.4. The number of hydrogen-bond donors (Lipinski definition) is 0. The van der Waals surface area contributed by atoms with Gasteiger partial charge < -0.3 is 14.2 Å². The molecule has 130 valence electrons. The molecule has 2 aromatic rings. The van der Waals surface area contributed by atoms with Crippen LogP contribution in [0, 0.1) is 18.3 Å². The van der Waals surface area contributed by atoms with Crippen LogP contribution in [0.5, 0.6) is 17.2 Å². The van der Waals surface area contributed by atoms with Crippen LogP contribution in [0.15, 0.2) is 36.4 Å². The second-order valence-electron chi connectivity index (χ2n) is 5.94. The van der Waals surface area contributed by atoms with E-state index >= 15 is 0 Å². The van der Waals surface area contributed by atoms with Gasteiger partial charge in [0.1, 0.15) is 5.75 Å². The second-order valence-corrected chi connectivity index (χ2v) is 5.94. The largest absolute Gasteiger partial charge is 0.493 e. The molecule has 0 spiro atoms. The van der Waals surface area contributed by atoms with Gasteiger partial charge in [-0.1, -0.05) is 26.0 Å². The van der Waals surface area contributed by atoms with Crippen molar-refractivity contribution in [3.8, 4) is 23.3 Å². The van der Waals surface area contributed by atoms with Gasteiger partial charge in [-0.05, 0) is 42.2 Å². The molecule has 0 amide bonds. The van der Waals surface area contributed by atoms with Gasteiger partial charge >= 0.3 is 5.97 Å². The molecule has 0 N–H and O–H groups in total. The normalized spacial score (nSPS) is 10.2. The van der Waals surface area contributed by atoms with Crippen molar-refractivity contribution in [2.75, 3.05) is 13.7 Å². The average Bonchev–Trinajstić information content (AvgIpc) is 2.60. The van der Waals surface area contributed by atoms with Gasteiger partial charge in [0.25, 0.3) is 0 Å². The first-order chi connectivity index (χ1) is 11.9. The number of nitriles is 1. The van der Waals surface area contributed by atoms with E-state index in [9.17, 15) is 4.79 Å². The van der Waals surface area contributed by atoms with Crippen molar-refractivity contribution in [3.63, 3.8) is 0 Å². The number of esters is 1. The smallest absolute Gasteiger partial charge is 0.349 e. The number of ether oxygens (including phenoxy) is 3. The standard InChI is InChI=1S/C20H21NO4/c1-13(2)16-7-5-14(3)9-18(16)24-12-20(22)25-17-8-6-15(11-21)10-19(17)23-4/h5-10,13H,12H2,1-4H3. The fourth-order valence-electron chi connectivity index (χ4n) is 2.35. The SMILES string of the molecule is COc1cc(C#N)ccc1OC(=O)COc1cc(C)ccc1C(C)C. The average molecular weight is 339 g/mol. The Bertz CT molecular complexity index is 806. The molecule has 0 aliphatic rings. The van der Waals surface area contributed by atoms with Gasteiger partial charge in [0.2, 0.25) is 0 Å². The molecule has 0 saturated heterocycles. The lowest BCUT2D eigenvalue weighted by Gasteiger charge is -2.15. The summed E-state index contributed by atoms with van der Waals surface area (Å²) in [6, 6.07) is 12.5. The van der Waals surface area contributed by atoms with E-state index in [1.54, 1.807) is 6.07 Å². The van der Waals surface area contributed by atoms with E-state index < -0.39 is 5.97 Å². The van der Waals surface area contributed by atoms with Crippen molar-refractivity contribution in [2.24, 2.45) is 0 Å². The van der Waals surface area contributed by atoms with Crippen LogP contribution in [0.25, 0.3) is 0 Å². The third-order valence-corrected chi connectivity index (χ3v) is 3.65. The van der Waals surface area contributed by atoms with E-state index in [1.165, 1.54) is 19.2 Å². The predicted molar refractivity (Wildman–Crippen MR) is 94.1 cm³/mol. The summed E-state index contributed by atoms with van der Waals surface area (Å²) in [6.45, 7) is 5.89. The van der Waals surface area contributed by atoms with E-state index in [-0.39, 0.29) is 18.3 Å². The van der Waals surface area contributed by atoms with Crippen molar-refractivity contribution in [2.45, 2.75) is 26.7 Å². The van der Waals surface area contributed by atoms with E-state index in [4.69, 9.17) is 19.5 Å². The predicted octanol–water partition coefficient (Wildman–Crippen LogP) is 3.98. The van der Waals surface area contributed by atoms with Crippen molar-refractivity contribution in [1.82, 2.24) is 0 Å². The highest BCUT2D eigenvalue weighted by atomic mass is 16.6. The Labute approximate surface area is 147 Å². The molecule has 5 heteroatoms. The molecule has 0 aliphatic carbocycles. The number of carbonyl (C=O) groups excluding carboxylic acids is 1. The first-order valence-corrected chi connectivity index (χ1v) is 7.96. The van der Waals surface area contributed by atoms with Crippen LogP contribution in [0.3, 0.4) is 0 Å². The quantitative estimate of drug-likeness (QED) is 0.588. The molecule has 0 saturated carbocycles. The summed E-state index contributed by atoms with van der Waals surface area (Å²) >= 11 is 0. The molecule has 25 heavy (non-hydrogen) atoms. The van der Waals surface area contributed by atoms with Crippen LogP contribution < -0.4 is 14.2 Å². The molecule has 2 aromatic carbocycles. The van der Waals surface area contributed by atoms with Crippen molar-refractivity contribution in [3.05, 3.63) is 53.1 Å². The van der Waals surface area contributed by atoms with Crippen LogP contribution in [0.1, 0.15) is 36.5 Å². The van der Waals surface area contributed by atoms with E-state index in [2.05, 4.69) is 13.8 Å². The van der Waals surface area contributed by atoms with Crippen LogP contribution in [0.4, 0.5) is 0 Å². The summed E-state index contributed by atoms with van der Waals surface area (Å²) in [5.41, 5.74) is 2.52. The summed E-state index contributed by atoms with van der Waals surface area (Å²) in [6.07, 6.45) is 0. The van der Waals surface area contributed by atoms with E-state index in [1.807, 2.05) is 31.2 Å². The minimum absolute atomic E-state index is 0.216.